The zero-order chi connectivity index (χ0) is 13.1. The van der Waals surface area contributed by atoms with Gasteiger partial charge >= 0.3 is 5.76 Å². The van der Waals surface area contributed by atoms with Crippen molar-refractivity contribution < 1.29 is 14.3 Å². The third-order valence-electron chi connectivity index (χ3n) is 2.47. The summed E-state index contributed by atoms with van der Waals surface area (Å²) in [6.45, 7) is 1.60. The minimum Gasteiger partial charge on any atom is -0.408 e. The van der Waals surface area contributed by atoms with Crippen LogP contribution in [-0.4, -0.2) is 28.2 Å². The van der Waals surface area contributed by atoms with Crippen LogP contribution in [0.3, 0.4) is 0 Å². The van der Waals surface area contributed by atoms with Crippen LogP contribution >= 0.6 is 0 Å². The van der Waals surface area contributed by atoms with Crippen LogP contribution < -0.4 is 11.1 Å². The van der Waals surface area contributed by atoms with E-state index in [1.807, 2.05) is 0 Å². The molecule has 0 spiro atoms. The summed E-state index contributed by atoms with van der Waals surface area (Å²) in [6, 6.07) is 6.90. The minimum absolute atomic E-state index is 0.122. The number of hydrogen-bond acceptors (Lipinski definition) is 4. The van der Waals surface area contributed by atoms with E-state index < -0.39 is 11.9 Å². The fourth-order valence-electron chi connectivity index (χ4n) is 1.62. The summed E-state index contributed by atoms with van der Waals surface area (Å²) in [6.07, 6.45) is -0.619. The van der Waals surface area contributed by atoms with Gasteiger partial charge in [0.25, 0.3) is 0 Å². The van der Waals surface area contributed by atoms with Crippen LogP contribution in [0, 0.1) is 0 Å². The quantitative estimate of drug-likeness (QED) is 0.805. The van der Waals surface area contributed by atoms with Crippen LogP contribution in [0.25, 0.3) is 11.1 Å². The molecule has 2 rings (SSSR count). The standard InChI is InChI=1S/C12H14N2O4/c1-8(15)6-13-11(16)7-14-9-4-2-3-5-10(9)18-12(14)17/h2-5,8,15H,6-7H2,1H3,(H,13,16)/t8-/m0/s1. The largest absolute Gasteiger partial charge is 0.420 e. The molecular formula is C12H14N2O4. The molecule has 2 N–H and O–H groups in total. The Hall–Kier alpha value is -2.08. The average Bonchev–Trinajstić information content (AvgIpc) is 2.64. The molecule has 0 aliphatic carbocycles. The number of rotatable bonds is 4. The first-order valence-electron chi connectivity index (χ1n) is 5.61. The van der Waals surface area contributed by atoms with E-state index in [0.29, 0.717) is 11.1 Å². The van der Waals surface area contributed by atoms with Crippen molar-refractivity contribution in [2.75, 3.05) is 6.54 Å². The average molecular weight is 250 g/mol. The Morgan fingerprint density at radius 1 is 1.50 bits per heavy atom. The van der Waals surface area contributed by atoms with Crippen molar-refractivity contribution in [1.29, 1.82) is 0 Å². The van der Waals surface area contributed by atoms with Gasteiger partial charge in [0.1, 0.15) is 6.54 Å². The molecular weight excluding hydrogens is 236 g/mol. The van der Waals surface area contributed by atoms with Crippen LogP contribution in [0.5, 0.6) is 0 Å². The first-order chi connectivity index (χ1) is 8.58. The lowest BCUT2D eigenvalue weighted by Crippen LogP contribution is -2.34. The van der Waals surface area contributed by atoms with Gasteiger partial charge in [-0.05, 0) is 19.1 Å². The van der Waals surface area contributed by atoms with Crippen molar-refractivity contribution in [3.8, 4) is 0 Å². The van der Waals surface area contributed by atoms with Gasteiger partial charge in [-0.15, -0.1) is 0 Å². The predicted molar refractivity (Wildman–Crippen MR) is 65.2 cm³/mol. The third-order valence-corrected chi connectivity index (χ3v) is 2.47. The molecule has 0 saturated carbocycles. The molecule has 0 fully saturated rings. The Bertz CT molecular complexity index is 612. The molecule has 1 atom stereocenters. The number of aromatic nitrogens is 1. The van der Waals surface area contributed by atoms with Crippen LogP contribution in [0.15, 0.2) is 33.5 Å². The normalized spacial score (nSPS) is 12.6. The van der Waals surface area contributed by atoms with Gasteiger partial charge in [0.2, 0.25) is 5.91 Å². The number of para-hydroxylation sites is 2. The maximum atomic E-state index is 11.6. The summed E-state index contributed by atoms with van der Waals surface area (Å²) in [5, 5.41) is 11.6. The highest BCUT2D eigenvalue weighted by atomic mass is 16.4. The zero-order valence-corrected chi connectivity index (χ0v) is 9.92. The van der Waals surface area contributed by atoms with Crippen molar-refractivity contribution in [2.24, 2.45) is 0 Å². The van der Waals surface area contributed by atoms with Crippen LogP contribution in [0.4, 0.5) is 0 Å². The number of carbonyl (C=O) groups is 1. The number of oxazole rings is 1. The number of amides is 1. The van der Waals surface area contributed by atoms with Gasteiger partial charge in [-0.25, -0.2) is 4.79 Å². The molecule has 1 amide bonds. The molecule has 0 saturated heterocycles. The molecule has 6 heteroatoms. The second-order valence-corrected chi connectivity index (χ2v) is 4.07. The summed E-state index contributed by atoms with van der Waals surface area (Å²) in [4.78, 5) is 23.2. The fourth-order valence-corrected chi connectivity index (χ4v) is 1.62. The number of nitrogens with one attached hydrogen (secondary N) is 1. The maximum Gasteiger partial charge on any atom is 0.420 e. The fraction of sp³-hybridized carbons (Fsp3) is 0.333. The van der Waals surface area contributed by atoms with Crippen molar-refractivity contribution in [2.45, 2.75) is 19.6 Å². The molecule has 6 nitrogen and oxygen atoms in total. The molecule has 1 aromatic heterocycles. The summed E-state index contributed by atoms with van der Waals surface area (Å²) in [5.74, 6) is -0.909. The second-order valence-electron chi connectivity index (χ2n) is 4.07. The Labute approximate surface area is 103 Å². The monoisotopic (exact) mass is 250 g/mol. The molecule has 1 heterocycles. The maximum absolute atomic E-state index is 11.6. The summed E-state index contributed by atoms with van der Waals surface area (Å²) < 4.78 is 6.26. The molecule has 0 aliphatic rings. The molecule has 0 unspecified atom stereocenters. The number of benzene rings is 1. The molecule has 0 aliphatic heterocycles. The number of fused-ring (bicyclic) bond motifs is 1. The number of aliphatic hydroxyl groups is 1. The Morgan fingerprint density at radius 2 is 2.22 bits per heavy atom. The van der Waals surface area contributed by atoms with E-state index in [2.05, 4.69) is 5.32 Å². The zero-order valence-electron chi connectivity index (χ0n) is 9.92. The summed E-state index contributed by atoms with van der Waals surface area (Å²) in [7, 11) is 0. The first kappa shape index (κ1) is 12.4. The Kier molecular flexibility index (Phi) is 3.47. The van der Waals surface area contributed by atoms with Crippen LogP contribution in [-0.2, 0) is 11.3 Å². The van der Waals surface area contributed by atoms with E-state index in [1.54, 1.807) is 31.2 Å². The highest BCUT2D eigenvalue weighted by molar-refractivity contribution is 5.79. The number of aliphatic hydroxyl groups excluding tert-OH is 1. The van der Waals surface area contributed by atoms with E-state index in [-0.39, 0.29) is 19.0 Å². The molecule has 1 aromatic carbocycles. The Balaban J connectivity index is 2.19. The lowest BCUT2D eigenvalue weighted by Gasteiger charge is -2.07. The number of carbonyl (C=O) groups excluding carboxylic acids is 1. The van der Waals surface area contributed by atoms with Gasteiger partial charge in [0.15, 0.2) is 5.58 Å². The molecule has 2 aromatic rings. The molecule has 0 bridgehead atoms. The topological polar surface area (TPSA) is 84.5 Å². The van der Waals surface area contributed by atoms with E-state index in [9.17, 15) is 9.59 Å². The predicted octanol–water partition coefficient (Wildman–Crippen LogP) is 0.0915. The van der Waals surface area contributed by atoms with Gasteiger partial charge in [-0.2, -0.15) is 0 Å². The van der Waals surface area contributed by atoms with Crippen molar-refractivity contribution >= 4 is 17.0 Å². The van der Waals surface area contributed by atoms with Gasteiger partial charge in [-0.3, -0.25) is 9.36 Å². The molecule has 96 valence electrons. The third kappa shape index (κ3) is 2.60. The summed E-state index contributed by atoms with van der Waals surface area (Å²) in [5.41, 5.74) is 1.03. The van der Waals surface area contributed by atoms with Gasteiger partial charge in [-0.1, -0.05) is 12.1 Å². The van der Waals surface area contributed by atoms with Gasteiger partial charge in [0, 0.05) is 6.54 Å². The van der Waals surface area contributed by atoms with Crippen molar-refractivity contribution in [1.82, 2.24) is 9.88 Å². The van der Waals surface area contributed by atoms with Gasteiger partial charge < -0.3 is 14.8 Å². The molecule has 0 radical (unpaired) electrons. The first-order valence-corrected chi connectivity index (χ1v) is 5.61. The molecule has 18 heavy (non-hydrogen) atoms. The second kappa shape index (κ2) is 5.05. The Morgan fingerprint density at radius 3 is 2.94 bits per heavy atom. The van der Waals surface area contributed by atoms with E-state index in [1.165, 1.54) is 4.57 Å². The number of hydrogen-bond donors (Lipinski definition) is 2. The minimum atomic E-state index is -0.619. The lowest BCUT2D eigenvalue weighted by atomic mass is 10.3. The van der Waals surface area contributed by atoms with E-state index in [0.717, 1.165) is 0 Å². The van der Waals surface area contributed by atoms with E-state index in [4.69, 9.17) is 9.52 Å². The summed E-state index contributed by atoms with van der Waals surface area (Å²) >= 11 is 0. The van der Waals surface area contributed by atoms with Gasteiger partial charge in [0.05, 0.1) is 11.6 Å². The van der Waals surface area contributed by atoms with Crippen molar-refractivity contribution in [3.05, 3.63) is 34.8 Å². The van der Waals surface area contributed by atoms with Crippen LogP contribution in [0.1, 0.15) is 6.92 Å². The smallest absolute Gasteiger partial charge is 0.408 e. The number of nitrogens with zero attached hydrogens (tertiary/aromatic N) is 1. The van der Waals surface area contributed by atoms with E-state index >= 15 is 0 Å². The van der Waals surface area contributed by atoms with Crippen LogP contribution in [0.2, 0.25) is 0 Å². The van der Waals surface area contributed by atoms with Crippen molar-refractivity contribution in [3.63, 3.8) is 0 Å². The SMILES string of the molecule is C[C@H](O)CNC(=O)Cn1c(=O)oc2ccccc21. The highest BCUT2D eigenvalue weighted by Crippen LogP contribution is 2.11. The lowest BCUT2D eigenvalue weighted by molar-refractivity contribution is -0.122. The highest BCUT2D eigenvalue weighted by Gasteiger charge is 2.12.